The zero-order valence-electron chi connectivity index (χ0n) is 11.2. The van der Waals surface area contributed by atoms with Gasteiger partial charge in [0.05, 0.1) is 0 Å². The van der Waals surface area contributed by atoms with Gasteiger partial charge in [-0.15, -0.1) is 11.2 Å². The highest BCUT2D eigenvalue weighted by molar-refractivity contribution is 5.20. The molecule has 0 aliphatic rings. The van der Waals surface area contributed by atoms with Crippen LogP contribution in [0.5, 0.6) is 5.75 Å². The van der Waals surface area contributed by atoms with Crippen LogP contribution in [-0.4, -0.2) is 24.8 Å². The van der Waals surface area contributed by atoms with E-state index in [4.69, 9.17) is 4.84 Å². The molecule has 0 radical (unpaired) electrons. The number of rotatable bonds is 7. The third-order valence-corrected chi connectivity index (χ3v) is 3.00. The van der Waals surface area contributed by atoms with Crippen molar-refractivity contribution in [2.75, 3.05) is 20.1 Å². The predicted molar refractivity (Wildman–Crippen MR) is 72.6 cm³/mol. The monoisotopic (exact) mass is 234 g/mol. The topological polar surface area (TPSA) is 9.23 Å². The SMILES string of the molecule is C=CCC(C)C[N+](C)(CC)Oc1ccccc1. The van der Waals surface area contributed by atoms with Crippen LogP contribution in [0.4, 0.5) is 0 Å². The number of para-hydroxylation sites is 1. The Labute approximate surface area is 105 Å². The number of hydroxylamine groups is 3. The smallest absolute Gasteiger partial charge is 0.190 e. The zero-order chi connectivity index (χ0) is 12.7. The molecular weight excluding hydrogens is 210 g/mol. The van der Waals surface area contributed by atoms with Gasteiger partial charge in [-0.1, -0.05) is 31.2 Å². The maximum atomic E-state index is 6.07. The Morgan fingerprint density at radius 1 is 1.35 bits per heavy atom. The summed E-state index contributed by atoms with van der Waals surface area (Å²) in [6.45, 7) is 10.1. The van der Waals surface area contributed by atoms with Gasteiger partial charge >= 0.3 is 0 Å². The van der Waals surface area contributed by atoms with Crippen LogP contribution in [0.2, 0.25) is 0 Å². The van der Waals surface area contributed by atoms with Crippen molar-refractivity contribution in [2.45, 2.75) is 20.3 Å². The summed E-state index contributed by atoms with van der Waals surface area (Å²) in [6, 6.07) is 10.0. The first-order valence-corrected chi connectivity index (χ1v) is 6.29. The zero-order valence-corrected chi connectivity index (χ0v) is 11.2. The van der Waals surface area contributed by atoms with Crippen molar-refractivity contribution in [3.63, 3.8) is 0 Å². The van der Waals surface area contributed by atoms with Gasteiger partial charge in [0.25, 0.3) is 0 Å². The van der Waals surface area contributed by atoms with E-state index >= 15 is 0 Å². The van der Waals surface area contributed by atoms with Gasteiger partial charge in [-0.25, -0.2) is 0 Å². The van der Waals surface area contributed by atoms with Crippen LogP contribution in [0, 0.1) is 5.92 Å². The van der Waals surface area contributed by atoms with Gasteiger partial charge < -0.3 is 4.84 Å². The quantitative estimate of drug-likeness (QED) is 0.397. The minimum atomic E-state index is 0.584. The van der Waals surface area contributed by atoms with Crippen molar-refractivity contribution in [3.05, 3.63) is 43.0 Å². The van der Waals surface area contributed by atoms with Crippen molar-refractivity contribution >= 4 is 0 Å². The molecule has 2 atom stereocenters. The summed E-state index contributed by atoms with van der Waals surface area (Å²) in [6.07, 6.45) is 3.01. The lowest BCUT2D eigenvalue weighted by molar-refractivity contribution is -1.06. The molecule has 0 amide bonds. The van der Waals surface area contributed by atoms with Crippen molar-refractivity contribution in [2.24, 2.45) is 5.92 Å². The molecule has 0 bridgehead atoms. The number of nitrogens with zero attached hydrogens (tertiary/aromatic N) is 1. The lowest BCUT2D eigenvalue weighted by Crippen LogP contribution is -2.49. The normalized spacial score (nSPS) is 15.9. The maximum Gasteiger partial charge on any atom is 0.190 e. The molecule has 0 aliphatic carbocycles. The highest BCUT2D eigenvalue weighted by Crippen LogP contribution is 2.18. The molecule has 1 rings (SSSR count). The second-order valence-corrected chi connectivity index (χ2v) is 4.83. The van der Waals surface area contributed by atoms with Crippen LogP contribution in [0.15, 0.2) is 43.0 Å². The number of hydrogen-bond donors (Lipinski definition) is 0. The molecule has 0 heterocycles. The molecule has 2 unspecified atom stereocenters. The molecule has 0 saturated carbocycles. The van der Waals surface area contributed by atoms with Gasteiger partial charge in [0.1, 0.15) is 20.1 Å². The van der Waals surface area contributed by atoms with Crippen LogP contribution < -0.4 is 4.84 Å². The van der Waals surface area contributed by atoms with Gasteiger partial charge in [-0.05, 0) is 25.5 Å². The Morgan fingerprint density at radius 3 is 2.53 bits per heavy atom. The minimum Gasteiger partial charge on any atom is -0.316 e. The van der Waals surface area contributed by atoms with Crippen molar-refractivity contribution < 1.29 is 9.48 Å². The summed E-state index contributed by atoms with van der Waals surface area (Å²) in [5.41, 5.74) is 0. The Morgan fingerprint density at radius 2 is 2.00 bits per heavy atom. The summed E-state index contributed by atoms with van der Waals surface area (Å²) in [5.74, 6) is 1.52. The second-order valence-electron chi connectivity index (χ2n) is 4.83. The van der Waals surface area contributed by atoms with Gasteiger partial charge in [0.2, 0.25) is 0 Å². The molecule has 1 aromatic carbocycles. The molecule has 0 N–H and O–H groups in total. The summed E-state index contributed by atoms with van der Waals surface area (Å²) in [5, 5.41) is 0. The lowest BCUT2D eigenvalue weighted by atomic mass is 10.1. The highest BCUT2D eigenvalue weighted by atomic mass is 16.7. The summed E-state index contributed by atoms with van der Waals surface area (Å²) < 4.78 is 0.610. The number of quaternary nitrogens is 1. The fourth-order valence-electron chi connectivity index (χ4n) is 1.99. The van der Waals surface area contributed by atoms with Gasteiger partial charge in [0, 0.05) is 5.92 Å². The van der Waals surface area contributed by atoms with E-state index in [0.717, 1.165) is 25.3 Å². The summed E-state index contributed by atoms with van der Waals surface area (Å²) >= 11 is 0. The number of benzene rings is 1. The van der Waals surface area contributed by atoms with Gasteiger partial charge in [0.15, 0.2) is 5.75 Å². The molecule has 1 aromatic rings. The molecule has 0 aromatic heterocycles. The summed E-state index contributed by atoms with van der Waals surface area (Å²) in [7, 11) is 2.13. The van der Waals surface area contributed by atoms with E-state index in [1.165, 1.54) is 0 Å². The third kappa shape index (κ3) is 4.61. The van der Waals surface area contributed by atoms with Crippen LogP contribution in [0.1, 0.15) is 20.3 Å². The summed E-state index contributed by atoms with van der Waals surface area (Å²) in [4.78, 5) is 6.07. The van der Waals surface area contributed by atoms with E-state index in [0.29, 0.717) is 10.6 Å². The van der Waals surface area contributed by atoms with E-state index in [1.54, 1.807) is 0 Å². The van der Waals surface area contributed by atoms with E-state index in [-0.39, 0.29) is 0 Å². The molecular formula is C15H24NO+. The first-order valence-electron chi connectivity index (χ1n) is 6.29. The van der Waals surface area contributed by atoms with E-state index in [2.05, 4.69) is 27.5 Å². The molecule has 0 saturated heterocycles. The van der Waals surface area contributed by atoms with E-state index in [9.17, 15) is 0 Å². The molecule has 17 heavy (non-hydrogen) atoms. The fourth-order valence-corrected chi connectivity index (χ4v) is 1.99. The lowest BCUT2D eigenvalue weighted by Gasteiger charge is -2.32. The first-order chi connectivity index (χ1) is 8.09. The van der Waals surface area contributed by atoms with Crippen LogP contribution in [0.25, 0.3) is 0 Å². The second kappa shape index (κ2) is 6.45. The van der Waals surface area contributed by atoms with Gasteiger partial charge in [-0.3, -0.25) is 0 Å². The minimum absolute atomic E-state index is 0.584. The molecule has 94 valence electrons. The molecule has 2 nitrogen and oxygen atoms in total. The maximum absolute atomic E-state index is 6.07. The Bertz CT molecular complexity index is 336. The molecule has 0 aliphatic heterocycles. The van der Waals surface area contributed by atoms with Crippen molar-refractivity contribution in [1.82, 2.24) is 0 Å². The Balaban J connectivity index is 2.65. The van der Waals surface area contributed by atoms with Crippen LogP contribution in [-0.2, 0) is 0 Å². The van der Waals surface area contributed by atoms with Crippen LogP contribution in [0.3, 0.4) is 0 Å². The average Bonchev–Trinajstić information content (AvgIpc) is 2.30. The first kappa shape index (κ1) is 13.8. The number of allylic oxidation sites excluding steroid dienone is 1. The average molecular weight is 234 g/mol. The molecule has 0 spiro atoms. The van der Waals surface area contributed by atoms with E-state index in [1.807, 2.05) is 36.4 Å². The van der Waals surface area contributed by atoms with Crippen molar-refractivity contribution in [1.29, 1.82) is 0 Å². The Kier molecular flexibility index (Phi) is 5.23. The standard InChI is InChI=1S/C15H24NO/c1-5-10-14(3)13-16(4,6-2)17-15-11-8-7-9-12-15/h5,7-9,11-12,14H,1,6,10,13H2,2-4H3/q+1. The Hall–Kier alpha value is -1.28. The predicted octanol–water partition coefficient (Wildman–Crippen LogP) is 3.66. The molecule has 2 heteroatoms. The largest absolute Gasteiger partial charge is 0.316 e. The van der Waals surface area contributed by atoms with Gasteiger partial charge in [-0.2, -0.15) is 0 Å². The van der Waals surface area contributed by atoms with E-state index < -0.39 is 0 Å². The fraction of sp³-hybridized carbons (Fsp3) is 0.467. The van der Waals surface area contributed by atoms with Crippen LogP contribution >= 0.6 is 0 Å². The number of hydrogen-bond acceptors (Lipinski definition) is 1. The van der Waals surface area contributed by atoms with Crippen molar-refractivity contribution in [3.8, 4) is 5.75 Å². The third-order valence-electron chi connectivity index (χ3n) is 3.00. The highest BCUT2D eigenvalue weighted by Gasteiger charge is 2.25. The molecule has 0 fully saturated rings.